The van der Waals surface area contributed by atoms with Gasteiger partial charge in [-0.05, 0) is 49.1 Å². The van der Waals surface area contributed by atoms with Crippen molar-refractivity contribution < 1.29 is 14.3 Å². The van der Waals surface area contributed by atoms with E-state index in [9.17, 15) is 9.59 Å². The second kappa shape index (κ2) is 10.3. The van der Waals surface area contributed by atoms with Crippen LogP contribution in [0.4, 0.5) is 0 Å². The molecule has 2 aromatic carbocycles. The van der Waals surface area contributed by atoms with E-state index in [1.807, 2.05) is 30.3 Å². The largest absolute Gasteiger partial charge is 0.490 e. The summed E-state index contributed by atoms with van der Waals surface area (Å²) in [6, 6.07) is 17.3. The standard InChI is InChI=1S/C24H26N2O3/c1-2-6-23(27)26-17-14-22(15-18-26)29-21-11-9-20(10-12-21)24(28)25-16-13-19-7-4-3-5-8-19/h3-5,7-12,22H,13-18H2,1H3,(H,25,28). The van der Waals surface area contributed by atoms with Gasteiger partial charge in [-0.2, -0.15) is 0 Å². The maximum Gasteiger partial charge on any atom is 0.298 e. The van der Waals surface area contributed by atoms with Crippen LogP contribution < -0.4 is 10.1 Å². The zero-order chi connectivity index (χ0) is 20.5. The Morgan fingerprint density at radius 3 is 2.41 bits per heavy atom. The first kappa shape index (κ1) is 20.5. The van der Waals surface area contributed by atoms with Crippen molar-refractivity contribution in [3.05, 3.63) is 65.7 Å². The highest BCUT2D eigenvalue weighted by Gasteiger charge is 2.23. The van der Waals surface area contributed by atoms with E-state index in [-0.39, 0.29) is 17.9 Å². The van der Waals surface area contributed by atoms with Gasteiger partial charge in [-0.25, -0.2) is 0 Å². The summed E-state index contributed by atoms with van der Waals surface area (Å²) in [5.41, 5.74) is 1.81. The van der Waals surface area contributed by atoms with E-state index in [2.05, 4.69) is 29.3 Å². The number of ether oxygens (including phenoxy) is 1. The second-order valence-electron chi connectivity index (χ2n) is 7.00. The van der Waals surface area contributed by atoms with Gasteiger partial charge in [0.2, 0.25) is 0 Å². The maximum atomic E-state index is 12.3. The van der Waals surface area contributed by atoms with E-state index >= 15 is 0 Å². The second-order valence-corrected chi connectivity index (χ2v) is 7.00. The fraction of sp³-hybridized carbons (Fsp3) is 0.333. The summed E-state index contributed by atoms with van der Waals surface area (Å²) in [6.45, 7) is 3.57. The Morgan fingerprint density at radius 2 is 1.76 bits per heavy atom. The van der Waals surface area contributed by atoms with Gasteiger partial charge >= 0.3 is 0 Å². The third-order valence-electron chi connectivity index (χ3n) is 4.92. The molecule has 150 valence electrons. The van der Waals surface area contributed by atoms with Crippen molar-refractivity contribution in [3.8, 4) is 17.6 Å². The summed E-state index contributed by atoms with van der Waals surface area (Å²) in [6.07, 6.45) is 2.43. The first-order valence-corrected chi connectivity index (χ1v) is 9.96. The number of rotatable bonds is 6. The molecule has 0 atom stereocenters. The molecule has 0 aliphatic carbocycles. The van der Waals surface area contributed by atoms with Gasteiger partial charge in [-0.1, -0.05) is 36.3 Å². The normalized spacial score (nSPS) is 13.9. The number of carbonyl (C=O) groups is 2. The molecule has 1 saturated heterocycles. The Hall–Kier alpha value is -3.26. The van der Waals surface area contributed by atoms with Gasteiger partial charge in [0.05, 0.1) is 0 Å². The molecule has 0 spiro atoms. The maximum absolute atomic E-state index is 12.3. The number of nitrogens with zero attached hydrogens (tertiary/aromatic N) is 1. The van der Waals surface area contributed by atoms with Crippen LogP contribution in [0.2, 0.25) is 0 Å². The fourth-order valence-electron chi connectivity index (χ4n) is 3.31. The Morgan fingerprint density at radius 1 is 1.07 bits per heavy atom. The molecule has 0 bridgehead atoms. The number of hydrogen-bond acceptors (Lipinski definition) is 3. The zero-order valence-corrected chi connectivity index (χ0v) is 16.7. The Balaban J connectivity index is 1.43. The van der Waals surface area contributed by atoms with E-state index in [0.717, 1.165) is 25.0 Å². The van der Waals surface area contributed by atoms with Crippen LogP contribution >= 0.6 is 0 Å². The third-order valence-corrected chi connectivity index (χ3v) is 4.92. The van der Waals surface area contributed by atoms with Crippen LogP contribution in [0, 0.1) is 11.8 Å². The molecule has 2 aromatic rings. The van der Waals surface area contributed by atoms with Crippen LogP contribution in [0.3, 0.4) is 0 Å². The topological polar surface area (TPSA) is 58.6 Å². The van der Waals surface area contributed by atoms with Crippen LogP contribution in [0.15, 0.2) is 54.6 Å². The predicted octanol–water partition coefficient (Wildman–Crippen LogP) is 3.05. The van der Waals surface area contributed by atoms with Gasteiger partial charge in [0.15, 0.2) is 0 Å². The van der Waals surface area contributed by atoms with Gasteiger partial charge < -0.3 is 15.0 Å². The van der Waals surface area contributed by atoms with Crippen molar-refractivity contribution in [3.63, 3.8) is 0 Å². The van der Waals surface area contributed by atoms with E-state index in [4.69, 9.17) is 4.74 Å². The molecule has 1 N–H and O–H groups in total. The highest BCUT2D eigenvalue weighted by Crippen LogP contribution is 2.19. The molecule has 0 unspecified atom stereocenters. The van der Waals surface area contributed by atoms with Crippen molar-refractivity contribution in [2.75, 3.05) is 19.6 Å². The van der Waals surface area contributed by atoms with Crippen molar-refractivity contribution in [1.82, 2.24) is 10.2 Å². The SMILES string of the molecule is CC#CC(=O)N1CCC(Oc2ccc(C(=O)NCCc3ccccc3)cc2)CC1. The monoisotopic (exact) mass is 390 g/mol. The number of piperidine rings is 1. The average Bonchev–Trinajstić information content (AvgIpc) is 2.75. The summed E-state index contributed by atoms with van der Waals surface area (Å²) in [5, 5.41) is 2.95. The Labute approximate surface area is 172 Å². The molecule has 1 aliphatic heterocycles. The summed E-state index contributed by atoms with van der Waals surface area (Å²) < 4.78 is 6.01. The summed E-state index contributed by atoms with van der Waals surface area (Å²) in [5.74, 6) is 5.76. The highest BCUT2D eigenvalue weighted by atomic mass is 16.5. The van der Waals surface area contributed by atoms with Crippen LogP contribution in [0.5, 0.6) is 5.75 Å². The van der Waals surface area contributed by atoms with E-state index in [1.54, 1.807) is 24.0 Å². The van der Waals surface area contributed by atoms with E-state index in [1.165, 1.54) is 5.56 Å². The number of amides is 2. The molecule has 1 heterocycles. The molecule has 5 heteroatoms. The molecular formula is C24H26N2O3. The molecule has 29 heavy (non-hydrogen) atoms. The zero-order valence-electron chi connectivity index (χ0n) is 16.7. The van der Waals surface area contributed by atoms with Crippen LogP contribution in [0.1, 0.15) is 35.7 Å². The first-order valence-electron chi connectivity index (χ1n) is 9.96. The molecule has 0 saturated carbocycles. The molecule has 1 aliphatic rings. The molecule has 5 nitrogen and oxygen atoms in total. The lowest BCUT2D eigenvalue weighted by Crippen LogP contribution is -2.41. The number of carbonyl (C=O) groups excluding carboxylic acids is 2. The number of hydrogen-bond donors (Lipinski definition) is 1. The van der Waals surface area contributed by atoms with Gasteiger partial charge in [0, 0.05) is 38.0 Å². The van der Waals surface area contributed by atoms with Gasteiger partial charge in [0.25, 0.3) is 11.8 Å². The summed E-state index contributed by atoms with van der Waals surface area (Å²) in [4.78, 5) is 25.8. The van der Waals surface area contributed by atoms with Gasteiger partial charge in [-0.3, -0.25) is 9.59 Å². The van der Waals surface area contributed by atoms with Crippen LogP contribution in [-0.4, -0.2) is 42.5 Å². The van der Waals surface area contributed by atoms with Gasteiger partial charge in [-0.15, -0.1) is 0 Å². The smallest absolute Gasteiger partial charge is 0.298 e. The Bertz CT molecular complexity index is 874. The summed E-state index contributed by atoms with van der Waals surface area (Å²) in [7, 11) is 0. The minimum Gasteiger partial charge on any atom is -0.490 e. The summed E-state index contributed by atoms with van der Waals surface area (Å²) >= 11 is 0. The molecule has 1 fully saturated rings. The van der Waals surface area contributed by atoms with E-state index in [0.29, 0.717) is 25.2 Å². The molecular weight excluding hydrogens is 364 g/mol. The van der Waals surface area contributed by atoms with Crippen molar-refractivity contribution >= 4 is 11.8 Å². The molecule has 0 radical (unpaired) electrons. The number of likely N-dealkylation sites (tertiary alicyclic amines) is 1. The molecule has 3 rings (SSSR count). The van der Waals surface area contributed by atoms with Crippen LogP contribution in [-0.2, 0) is 11.2 Å². The Kier molecular flexibility index (Phi) is 7.29. The quantitative estimate of drug-likeness (QED) is 0.772. The highest BCUT2D eigenvalue weighted by molar-refractivity contribution is 5.94. The fourth-order valence-corrected chi connectivity index (χ4v) is 3.31. The van der Waals surface area contributed by atoms with Crippen molar-refractivity contribution in [1.29, 1.82) is 0 Å². The number of nitrogens with one attached hydrogen (secondary N) is 1. The molecule has 0 aromatic heterocycles. The lowest BCUT2D eigenvalue weighted by Gasteiger charge is -2.31. The van der Waals surface area contributed by atoms with Crippen molar-refractivity contribution in [2.45, 2.75) is 32.3 Å². The van der Waals surface area contributed by atoms with E-state index < -0.39 is 0 Å². The first-order chi connectivity index (χ1) is 14.2. The van der Waals surface area contributed by atoms with Crippen LogP contribution in [0.25, 0.3) is 0 Å². The number of benzene rings is 2. The lowest BCUT2D eigenvalue weighted by molar-refractivity contribution is -0.126. The minimum absolute atomic E-state index is 0.0687. The van der Waals surface area contributed by atoms with Crippen molar-refractivity contribution in [2.24, 2.45) is 0 Å². The molecule has 2 amide bonds. The average molecular weight is 390 g/mol. The minimum atomic E-state index is -0.117. The lowest BCUT2D eigenvalue weighted by atomic mass is 10.1. The third kappa shape index (κ3) is 6.11. The van der Waals surface area contributed by atoms with Gasteiger partial charge in [0.1, 0.15) is 11.9 Å². The predicted molar refractivity (Wildman–Crippen MR) is 113 cm³/mol.